The standard InChI is InChI=1S/C18H19N3OS/c1-13(9-10-14-6-3-2-4-7-14)19-18(22)16-12-15(20-21-16)17-8-5-11-23-17/h2-8,11-13H,9-10H2,1H3,(H,19,22)(H,20,21). The number of carbonyl (C=O) groups is 1. The first-order valence-corrected chi connectivity index (χ1v) is 8.54. The Morgan fingerprint density at radius 1 is 1.26 bits per heavy atom. The van der Waals surface area contributed by atoms with Crippen LogP contribution in [0.25, 0.3) is 10.6 Å². The Labute approximate surface area is 139 Å². The third kappa shape index (κ3) is 4.07. The predicted octanol–water partition coefficient (Wildman–Crippen LogP) is 3.89. The maximum absolute atomic E-state index is 12.3. The predicted molar refractivity (Wildman–Crippen MR) is 93.6 cm³/mol. The maximum atomic E-state index is 12.3. The molecule has 2 aromatic heterocycles. The van der Waals surface area contributed by atoms with Gasteiger partial charge in [-0.05, 0) is 42.8 Å². The normalized spacial score (nSPS) is 12.0. The lowest BCUT2D eigenvalue weighted by atomic mass is 10.1. The molecule has 1 unspecified atom stereocenters. The van der Waals surface area contributed by atoms with Gasteiger partial charge in [0.1, 0.15) is 0 Å². The smallest absolute Gasteiger partial charge is 0.271 e. The molecule has 3 aromatic rings. The summed E-state index contributed by atoms with van der Waals surface area (Å²) < 4.78 is 0. The van der Waals surface area contributed by atoms with Gasteiger partial charge in [0.2, 0.25) is 0 Å². The molecule has 118 valence electrons. The summed E-state index contributed by atoms with van der Waals surface area (Å²) in [4.78, 5) is 13.3. The highest BCUT2D eigenvalue weighted by Gasteiger charge is 2.14. The fourth-order valence-electron chi connectivity index (χ4n) is 2.39. The third-order valence-electron chi connectivity index (χ3n) is 3.68. The molecule has 4 nitrogen and oxygen atoms in total. The molecule has 0 aliphatic rings. The fourth-order valence-corrected chi connectivity index (χ4v) is 3.09. The number of thiophene rings is 1. The van der Waals surface area contributed by atoms with E-state index in [9.17, 15) is 4.79 Å². The minimum atomic E-state index is -0.135. The van der Waals surface area contributed by atoms with Gasteiger partial charge in [0.15, 0.2) is 5.69 Å². The van der Waals surface area contributed by atoms with E-state index in [0.717, 1.165) is 23.4 Å². The van der Waals surface area contributed by atoms with E-state index < -0.39 is 0 Å². The number of hydrogen-bond acceptors (Lipinski definition) is 3. The first-order chi connectivity index (χ1) is 11.2. The van der Waals surface area contributed by atoms with Crippen molar-refractivity contribution in [1.82, 2.24) is 15.5 Å². The minimum Gasteiger partial charge on any atom is -0.348 e. The number of carbonyl (C=O) groups excluding carboxylic acids is 1. The molecule has 2 N–H and O–H groups in total. The lowest BCUT2D eigenvalue weighted by Crippen LogP contribution is -2.33. The number of amides is 1. The van der Waals surface area contributed by atoms with E-state index >= 15 is 0 Å². The molecule has 0 aliphatic heterocycles. The van der Waals surface area contributed by atoms with Crippen molar-refractivity contribution in [2.45, 2.75) is 25.8 Å². The second-order valence-electron chi connectivity index (χ2n) is 5.54. The molecule has 0 saturated carbocycles. The quantitative estimate of drug-likeness (QED) is 0.722. The Morgan fingerprint density at radius 2 is 2.09 bits per heavy atom. The Kier molecular flexibility index (Phi) is 4.88. The van der Waals surface area contributed by atoms with Crippen LogP contribution in [0, 0.1) is 0 Å². The fraction of sp³-hybridized carbons (Fsp3) is 0.222. The Morgan fingerprint density at radius 3 is 2.83 bits per heavy atom. The van der Waals surface area contributed by atoms with Crippen molar-refractivity contribution in [3.05, 3.63) is 65.2 Å². The molecule has 0 radical (unpaired) electrons. The van der Waals surface area contributed by atoms with Crippen LogP contribution in [-0.4, -0.2) is 22.1 Å². The van der Waals surface area contributed by atoms with E-state index in [1.54, 1.807) is 17.4 Å². The van der Waals surface area contributed by atoms with E-state index in [4.69, 9.17) is 0 Å². The van der Waals surface area contributed by atoms with E-state index in [-0.39, 0.29) is 11.9 Å². The van der Waals surface area contributed by atoms with Crippen molar-refractivity contribution in [3.63, 3.8) is 0 Å². The number of rotatable bonds is 6. The second kappa shape index (κ2) is 7.24. The van der Waals surface area contributed by atoms with Gasteiger partial charge >= 0.3 is 0 Å². The Hall–Kier alpha value is -2.40. The summed E-state index contributed by atoms with van der Waals surface area (Å²) in [6.45, 7) is 2.02. The highest BCUT2D eigenvalue weighted by Crippen LogP contribution is 2.22. The number of benzene rings is 1. The Balaban J connectivity index is 1.54. The molecule has 1 amide bonds. The molecule has 2 heterocycles. The number of nitrogens with zero attached hydrogens (tertiary/aromatic N) is 1. The van der Waals surface area contributed by atoms with Crippen LogP contribution in [0.4, 0.5) is 0 Å². The summed E-state index contributed by atoms with van der Waals surface area (Å²) in [7, 11) is 0. The zero-order valence-corrected chi connectivity index (χ0v) is 13.8. The van der Waals surface area contributed by atoms with Crippen molar-refractivity contribution in [1.29, 1.82) is 0 Å². The molecular formula is C18H19N3OS. The summed E-state index contributed by atoms with van der Waals surface area (Å²) >= 11 is 1.62. The molecule has 23 heavy (non-hydrogen) atoms. The van der Waals surface area contributed by atoms with Gasteiger partial charge in [-0.3, -0.25) is 9.89 Å². The van der Waals surface area contributed by atoms with Gasteiger partial charge in [0, 0.05) is 6.04 Å². The van der Waals surface area contributed by atoms with E-state index in [1.807, 2.05) is 42.6 Å². The molecule has 0 fully saturated rings. The van der Waals surface area contributed by atoms with Crippen LogP contribution in [0.3, 0.4) is 0 Å². The average molecular weight is 325 g/mol. The van der Waals surface area contributed by atoms with Gasteiger partial charge in [-0.25, -0.2) is 0 Å². The molecule has 1 atom stereocenters. The summed E-state index contributed by atoms with van der Waals surface area (Å²) in [6.07, 6.45) is 1.85. The number of nitrogens with one attached hydrogen (secondary N) is 2. The number of H-pyrrole nitrogens is 1. The third-order valence-corrected chi connectivity index (χ3v) is 4.59. The number of aromatic amines is 1. The van der Waals surface area contributed by atoms with Gasteiger partial charge < -0.3 is 5.32 Å². The maximum Gasteiger partial charge on any atom is 0.271 e. The van der Waals surface area contributed by atoms with Crippen LogP contribution in [0.1, 0.15) is 29.4 Å². The second-order valence-corrected chi connectivity index (χ2v) is 6.49. The summed E-state index contributed by atoms with van der Waals surface area (Å²) in [5.74, 6) is -0.135. The van der Waals surface area contributed by atoms with Gasteiger partial charge in [-0.15, -0.1) is 11.3 Å². The van der Waals surface area contributed by atoms with Crippen molar-refractivity contribution < 1.29 is 4.79 Å². The number of aromatic nitrogens is 2. The van der Waals surface area contributed by atoms with Crippen molar-refractivity contribution >= 4 is 17.2 Å². The van der Waals surface area contributed by atoms with Crippen LogP contribution < -0.4 is 5.32 Å². The molecule has 0 saturated heterocycles. The first kappa shape index (κ1) is 15.5. The molecule has 0 aliphatic carbocycles. The van der Waals surface area contributed by atoms with Crippen LogP contribution in [0.2, 0.25) is 0 Å². The topological polar surface area (TPSA) is 57.8 Å². The van der Waals surface area contributed by atoms with Gasteiger partial charge in [-0.2, -0.15) is 5.10 Å². The van der Waals surface area contributed by atoms with Crippen LogP contribution in [-0.2, 0) is 6.42 Å². The van der Waals surface area contributed by atoms with E-state index in [2.05, 4.69) is 27.6 Å². The average Bonchev–Trinajstić information content (AvgIpc) is 3.24. The first-order valence-electron chi connectivity index (χ1n) is 7.66. The van der Waals surface area contributed by atoms with Gasteiger partial charge in [0.05, 0.1) is 10.6 Å². The minimum absolute atomic E-state index is 0.101. The highest BCUT2D eigenvalue weighted by molar-refractivity contribution is 7.13. The van der Waals surface area contributed by atoms with Gasteiger partial charge in [-0.1, -0.05) is 36.4 Å². The van der Waals surface area contributed by atoms with Crippen molar-refractivity contribution in [2.75, 3.05) is 0 Å². The molecule has 1 aromatic carbocycles. The number of hydrogen-bond donors (Lipinski definition) is 2. The largest absolute Gasteiger partial charge is 0.348 e. The Bertz CT molecular complexity index is 750. The van der Waals surface area contributed by atoms with E-state index in [0.29, 0.717) is 5.69 Å². The molecule has 0 spiro atoms. The summed E-state index contributed by atoms with van der Waals surface area (Å²) in [5, 5.41) is 12.0. The molecular weight excluding hydrogens is 306 g/mol. The monoisotopic (exact) mass is 325 g/mol. The molecule has 0 bridgehead atoms. The van der Waals surface area contributed by atoms with Crippen LogP contribution >= 0.6 is 11.3 Å². The molecule has 3 rings (SSSR count). The molecule has 5 heteroatoms. The van der Waals surface area contributed by atoms with Crippen molar-refractivity contribution in [3.8, 4) is 10.6 Å². The SMILES string of the molecule is CC(CCc1ccccc1)NC(=O)c1cc(-c2cccs2)[nH]n1. The zero-order valence-electron chi connectivity index (χ0n) is 13.0. The lowest BCUT2D eigenvalue weighted by molar-refractivity contribution is 0.0933. The summed E-state index contributed by atoms with van der Waals surface area (Å²) in [5.41, 5.74) is 2.59. The van der Waals surface area contributed by atoms with Crippen LogP contribution in [0.15, 0.2) is 53.9 Å². The summed E-state index contributed by atoms with van der Waals surface area (Å²) in [6, 6.07) is 16.2. The lowest BCUT2D eigenvalue weighted by Gasteiger charge is -2.12. The zero-order chi connectivity index (χ0) is 16.1. The van der Waals surface area contributed by atoms with Crippen molar-refractivity contribution in [2.24, 2.45) is 0 Å². The van der Waals surface area contributed by atoms with Gasteiger partial charge in [0.25, 0.3) is 5.91 Å². The van der Waals surface area contributed by atoms with E-state index in [1.165, 1.54) is 5.56 Å². The van der Waals surface area contributed by atoms with Crippen LogP contribution in [0.5, 0.6) is 0 Å². The highest BCUT2D eigenvalue weighted by atomic mass is 32.1. The number of aryl methyl sites for hydroxylation is 1.